The van der Waals surface area contributed by atoms with E-state index in [1.807, 2.05) is 25.3 Å². The van der Waals surface area contributed by atoms with Gasteiger partial charge >= 0.3 is 0 Å². The molecule has 0 spiro atoms. The first-order valence-electron chi connectivity index (χ1n) is 7.85. The predicted octanol–water partition coefficient (Wildman–Crippen LogP) is 3.23. The number of carbonyl (C=O) groups excluding carboxylic acids is 1. The standard InChI is InChI=1S/C17H22N4O/c1-4-5-11(2)16-19-13-7-6-12(8-14(13)20-16)17(3)9-15(22)21-18-10-17/h6-8,10-11H,4-5,9H2,1-3H3,(H,19,20)(H,21,22). The van der Waals surface area contributed by atoms with Crippen molar-refractivity contribution in [3.05, 3.63) is 29.6 Å². The van der Waals surface area contributed by atoms with Crippen LogP contribution in [0.2, 0.25) is 0 Å². The molecule has 0 saturated heterocycles. The lowest BCUT2D eigenvalue weighted by atomic mass is 9.79. The van der Waals surface area contributed by atoms with Gasteiger partial charge in [0.05, 0.1) is 11.0 Å². The van der Waals surface area contributed by atoms with Gasteiger partial charge in [0.25, 0.3) is 0 Å². The van der Waals surface area contributed by atoms with Gasteiger partial charge in [-0.1, -0.05) is 26.3 Å². The molecule has 3 rings (SSSR count). The molecule has 0 bridgehead atoms. The van der Waals surface area contributed by atoms with Crippen LogP contribution in [0.5, 0.6) is 0 Å². The van der Waals surface area contributed by atoms with Crippen LogP contribution in [0, 0.1) is 0 Å². The summed E-state index contributed by atoms with van der Waals surface area (Å²) in [6, 6.07) is 6.16. The van der Waals surface area contributed by atoms with Crippen molar-refractivity contribution >= 4 is 23.2 Å². The van der Waals surface area contributed by atoms with E-state index in [0.29, 0.717) is 12.3 Å². The lowest BCUT2D eigenvalue weighted by Gasteiger charge is -2.27. The number of hydrazone groups is 1. The third-order valence-electron chi connectivity index (χ3n) is 4.41. The monoisotopic (exact) mass is 298 g/mol. The highest BCUT2D eigenvalue weighted by atomic mass is 16.2. The van der Waals surface area contributed by atoms with Crippen LogP contribution in [0.1, 0.15) is 57.3 Å². The maximum Gasteiger partial charge on any atom is 0.241 e. The largest absolute Gasteiger partial charge is 0.342 e. The number of imidazole rings is 1. The second-order valence-corrected chi connectivity index (χ2v) is 6.43. The van der Waals surface area contributed by atoms with Gasteiger partial charge in [0.2, 0.25) is 5.91 Å². The zero-order valence-electron chi connectivity index (χ0n) is 13.3. The summed E-state index contributed by atoms with van der Waals surface area (Å²) in [5.74, 6) is 1.42. The quantitative estimate of drug-likeness (QED) is 0.909. The lowest BCUT2D eigenvalue weighted by Crippen LogP contribution is -2.37. The molecule has 2 unspecified atom stereocenters. The fraction of sp³-hybridized carbons (Fsp3) is 0.471. The van der Waals surface area contributed by atoms with E-state index in [0.717, 1.165) is 35.3 Å². The number of H-pyrrole nitrogens is 1. The summed E-state index contributed by atoms with van der Waals surface area (Å²) in [4.78, 5) is 19.8. The minimum absolute atomic E-state index is 0.0491. The van der Waals surface area contributed by atoms with Gasteiger partial charge in [0.15, 0.2) is 0 Å². The van der Waals surface area contributed by atoms with Gasteiger partial charge in [-0.05, 0) is 31.0 Å². The highest BCUT2D eigenvalue weighted by Crippen LogP contribution is 2.30. The lowest BCUT2D eigenvalue weighted by molar-refractivity contribution is -0.122. The Bertz CT molecular complexity index is 733. The smallest absolute Gasteiger partial charge is 0.241 e. The number of hydrogen-bond donors (Lipinski definition) is 2. The first kappa shape index (κ1) is 14.8. The predicted molar refractivity (Wildman–Crippen MR) is 88.0 cm³/mol. The molecule has 1 aliphatic heterocycles. The summed E-state index contributed by atoms with van der Waals surface area (Å²) in [7, 11) is 0. The topological polar surface area (TPSA) is 70.1 Å². The van der Waals surface area contributed by atoms with Crippen molar-refractivity contribution in [3.63, 3.8) is 0 Å². The second-order valence-electron chi connectivity index (χ2n) is 6.43. The number of aromatic amines is 1. The molecule has 1 aliphatic rings. The Kier molecular flexibility index (Phi) is 3.72. The summed E-state index contributed by atoms with van der Waals surface area (Å²) in [5, 5.41) is 3.98. The molecule has 2 heterocycles. The summed E-state index contributed by atoms with van der Waals surface area (Å²) in [6.07, 6.45) is 4.49. The summed E-state index contributed by atoms with van der Waals surface area (Å²) in [5.41, 5.74) is 5.20. The third-order valence-corrected chi connectivity index (χ3v) is 4.41. The van der Waals surface area contributed by atoms with Gasteiger partial charge in [-0.3, -0.25) is 4.79 Å². The van der Waals surface area contributed by atoms with Crippen molar-refractivity contribution in [2.45, 2.75) is 51.4 Å². The molecular formula is C17H22N4O. The maximum absolute atomic E-state index is 11.6. The van der Waals surface area contributed by atoms with Crippen molar-refractivity contribution in [1.29, 1.82) is 0 Å². The third kappa shape index (κ3) is 2.63. The number of rotatable bonds is 4. The summed E-state index contributed by atoms with van der Waals surface area (Å²) in [6.45, 7) is 6.42. The summed E-state index contributed by atoms with van der Waals surface area (Å²) >= 11 is 0. The van der Waals surface area contributed by atoms with Crippen molar-refractivity contribution < 1.29 is 4.79 Å². The van der Waals surface area contributed by atoms with Crippen molar-refractivity contribution in [2.75, 3.05) is 0 Å². The van der Waals surface area contributed by atoms with Crippen LogP contribution < -0.4 is 5.43 Å². The number of carbonyl (C=O) groups is 1. The van der Waals surface area contributed by atoms with Crippen molar-refractivity contribution in [2.24, 2.45) is 5.10 Å². The number of nitrogens with one attached hydrogen (secondary N) is 2. The van der Waals surface area contributed by atoms with Gasteiger partial charge in [0, 0.05) is 24.0 Å². The molecule has 1 aromatic heterocycles. The first-order valence-corrected chi connectivity index (χ1v) is 7.85. The fourth-order valence-corrected chi connectivity index (χ4v) is 3.03. The van der Waals surface area contributed by atoms with Crippen LogP contribution in [0.15, 0.2) is 23.3 Å². The average molecular weight is 298 g/mol. The number of hydrogen-bond acceptors (Lipinski definition) is 3. The number of amides is 1. The Morgan fingerprint density at radius 1 is 1.41 bits per heavy atom. The van der Waals surface area contributed by atoms with E-state index in [1.54, 1.807) is 0 Å². The number of benzene rings is 1. The van der Waals surface area contributed by atoms with E-state index in [2.05, 4.69) is 40.4 Å². The fourth-order valence-electron chi connectivity index (χ4n) is 3.03. The molecule has 116 valence electrons. The Labute approximate surface area is 130 Å². The van der Waals surface area contributed by atoms with Gasteiger partial charge in [-0.2, -0.15) is 5.10 Å². The molecule has 5 nitrogen and oxygen atoms in total. The Morgan fingerprint density at radius 2 is 2.23 bits per heavy atom. The van der Waals surface area contributed by atoms with Crippen molar-refractivity contribution in [1.82, 2.24) is 15.4 Å². The molecule has 22 heavy (non-hydrogen) atoms. The zero-order chi connectivity index (χ0) is 15.7. The van der Waals surface area contributed by atoms with E-state index >= 15 is 0 Å². The Morgan fingerprint density at radius 3 is 2.95 bits per heavy atom. The number of aromatic nitrogens is 2. The van der Waals surface area contributed by atoms with E-state index < -0.39 is 0 Å². The minimum atomic E-state index is -0.364. The molecule has 0 fully saturated rings. The molecule has 0 aliphatic carbocycles. The van der Waals surface area contributed by atoms with Crippen LogP contribution in [-0.2, 0) is 10.2 Å². The Hall–Kier alpha value is -2.17. The van der Waals surface area contributed by atoms with Crippen LogP contribution in [-0.4, -0.2) is 22.1 Å². The summed E-state index contributed by atoms with van der Waals surface area (Å²) < 4.78 is 0. The molecule has 5 heteroatoms. The van der Waals surface area contributed by atoms with Gasteiger partial charge in [0.1, 0.15) is 5.82 Å². The molecule has 1 aromatic carbocycles. The minimum Gasteiger partial charge on any atom is -0.342 e. The molecule has 2 aromatic rings. The molecule has 0 saturated carbocycles. The SMILES string of the molecule is CCCC(C)c1nc2ccc(C3(C)C=NNC(=O)C3)cc2[nH]1. The van der Waals surface area contributed by atoms with E-state index in [9.17, 15) is 4.79 Å². The molecular weight excluding hydrogens is 276 g/mol. The van der Waals surface area contributed by atoms with Gasteiger partial charge in [-0.25, -0.2) is 10.4 Å². The molecule has 2 atom stereocenters. The average Bonchev–Trinajstić information content (AvgIpc) is 2.90. The molecule has 2 N–H and O–H groups in total. The van der Waals surface area contributed by atoms with Crippen LogP contribution in [0.3, 0.4) is 0 Å². The zero-order valence-corrected chi connectivity index (χ0v) is 13.3. The molecule has 1 amide bonds. The maximum atomic E-state index is 11.6. The van der Waals surface area contributed by atoms with Gasteiger partial charge in [-0.15, -0.1) is 0 Å². The van der Waals surface area contributed by atoms with Crippen LogP contribution >= 0.6 is 0 Å². The highest BCUT2D eigenvalue weighted by Gasteiger charge is 2.31. The first-order chi connectivity index (χ1) is 10.5. The van der Waals surface area contributed by atoms with Crippen LogP contribution in [0.25, 0.3) is 11.0 Å². The Balaban J connectivity index is 1.97. The second kappa shape index (κ2) is 5.55. The van der Waals surface area contributed by atoms with Crippen LogP contribution in [0.4, 0.5) is 0 Å². The number of fused-ring (bicyclic) bond motifs is 1. The van der Waals surface area contributed by atoms with Crippen molar-refractivity contribution in [3.8, 4) is 0 Å². The highest BCUT2D eigenvalue weighted by molar-refractivity contribution is 5.90. The normalized spacial score (nSPS) is 22.8. The van der Waals surface area contributed by atoms with E-state index in [-0.39, 0.29) is 11.3 Å². The van der Waals surface area contributed by atoms with E-state index in [4.69, 9.17) is 0 Å². The molecule has 0 radical (unpaired) electrons. The van der Waals surface area contributed by atoms with Gasteiger partial charge < -0.3 is 4.98 Å². The van der Waals surface area contributed by atoms with E-state index in [1.165, 1.54) is 0 Å². The number of nitrogens with zero attached hydrogens (tertiary/aromatic N) is 2.